The van der Waals surface area contributed by atoms with Gasteiger partial charge < -0.3 is 5.11 Å². The number of rotatable bonds is 2. The van der Waals surface area contributed by atoms with Crippen molar-refractivity contribution in [1.29, 1.82) is 0 Å². The van der Waals surface area contributed by atoms with E-state index in [1.807, 2.05) is 18.2 Å². The molecule has 0 bridgehead atoms. The lowest BCUT2D eigenvalue weighted by Gasteiger charge is -2.31. The van der Waals surface area contributed by atoms with Crippen LogP contribution in [0.5, 0.6) is 0 Å². The Morgan fingerprint density at radius 1 is 1.25 bits per heavy atom. The van der Waals surface area contributed by atoms with Gasteiger partial charge in [0, 0.05) is 0 Å². The molecule has 86 valence electrons. The predicted molar refractivity (Wildman–Crippen MR) is 63.6 cm³/mol. The average molecular weight is 218 g/mol. The first-order valence-electron chi connectivity index (χ1n) is 5.93. The molecule has 1 aliphatic rings. The van der Waals surface area contributed by atoms with E-state index in [-0.39, 0.29) is 5.92 Å². The van der Waals surface area contributed by atoms with Gasteiger partial charge in [-0.1, -0.05) is 38.1 Å². The van der Waals surface area contributed by atoms with E-state index in [2.05, 4.69) is 19.9 Å². The molecule has 0 radical (unpaired) electrons. The lowest BCUT2D eigenvalue weighted by molar-refractivity contribution is -0.139. The van der Waals surface area contributed by atoms with Crippen molar-refractivity contribution in [3.8, 4) is 0 Å². The van der Waals surface area contributed by atoms with Gasteiger partial charge in [-0.15, -0.1) is 0 Å². The molecule has 1 aromatic carbocycles. The highest BCUT2D eigenvalue weighted by Gasteiger charge is 2.32. The summed E-state index contributed by atoms with van der Waals surface area (Å²) in [6.07, 6.45) is 1.76. The van der Waals surface area contributed by atoms with Crippen molar-refractivity contribution >= 4 is 5.97 Å². The molecule has 1 N–H and O–H groups in total. The van der Waals surface area contributed by atoms with Crippen molar-refractivity contribution in [1.82, 2.24) is 0 Å². The Morgan fingerprint density at radius 2 is 1.88 bits per heavy atom. The van der Waals surface area contributed by atoms with Crippen molar-refractivity contribution in [3.05, 3.63) is 35.4 Å². The fourth-order valence-electron chi connectivity index (χ4n) is 2.77. The van der Waals surface area contributed by atoms with Crippen LogP contribution < -0.4 is 0 Å². The number of hydrogen-bond donors (Lipinski definition) is 1. The average Bonchev–Trinajstić information content (AvgIpc) is 2.27. The van der Waals surface area contributed by atoms with Gasteiger partial charge in [0.15, 0.2) is 0 Å². The van der Waals surface area contributed by atoms with Gasteiger partial charge in [0.05, 0.1) is 5.92 Å². The normalized spacial score (nSPS) is 24.2. The minimum atomic E-state index is -0.686. The van der Waals surface area contributed by atoms with Gasteiger partial charge in [-0.25, -0.2) is 0 Å². The fraction of sp³-hybridized carbons (Fsp3) is 0.500. The molecule has 2 heteroatoms. The summed E-state index contributed by atoms with van der Waals surface area (Å²) in [7, 11) is 0. The van der Waals surface area contributed by atoms with Crippen LogP contribution in [0, 0.1) is 5.92 Å². The Bertz CT molecular complexity index is 395. The van der Waals surface area contributed by atoms with E-state index >= 15 is 0 Å². The highest BCUT2D eigenvalue weighted by Crippen LogP contribution is 2.42. The summed E-state index contributed by atoms with van der Waals surface area (Å²) in [5, 5.41) is 9.21. The van der Waals surface area contributed by atoms with Crippen LogP contribution in [0.1, 0.15) is 49.7 Å². The zero-order valence-corrected chi connectivity index (χ0v) is 9.81. The molecule has 16 heavy (non-hydrogen) atoms. The fourth-order valence-corrected chi connectivity index (χ4v) is 2.77. The highest BCUT2D eigenvalue weighted by atomic mass is 16.4. The molecule has 0 saturated carbocycles. The van der Waals surface area contributed by atoms with Crippen LogP contribution in [0.2, 0.25) is 0 Å². The van der Waals surface area contributed by atoms with E-state index in [1.54, 1.807) is 0 Å². The Kier molecular flexibility index (Phi) is 2.99. The largest absolute Gasteiger partial charge is 0.481 e. The number of carboxylic acids is 1. The maximum atomic E-state index is 11.2. The maximum Gasteiger partial charge on any atom is 0.310 e. The smallest absolute Gasteiger partial charge is 0.310 e. The van der Waals surface area contributed by atoms with Crippen molar-refractivity contribution in [2.75, 3.05) is 0 Å². The van der Waals surface area contributed by atoms with Gasteiger partial charge in [0.2, 0.25) is 0 Å². The molecule has 0 fully saturated rings. The van der Waals surface area contributed by atoms with Gasteiger partial charge in [0.1, 0.15) is 0 Å². The summed E-state index contributed by atoms with van der Waals surface area (Å²) in [4.78, 5) is 11.2. The molecule has 0 aliphatic heterocycles. The maximum absolute atomic E-state index is 11.2. The quantitative estimate of drug-likeness (QED) is 0.826. The van der Waals surface area contributed by atoms with Crippen LogP contribution in [-0.2, 0) is 4.79 Å². The van der Waals surface area contributed by atoms with Gasteiger partial charge in [0.25, 0.3) is 0 Å². The molecular formula is C14H18O2. The van der Waals surface area contributed by atoms with Crippen LogP contribution >= 0.6 is 0 Å². The van der Waals surface area contributed by atoms with E-state index in [9.17, 15) is 9.90 Å². The standard InChI is InChI=1S/C14H18O2/c1-9(2)10-7-8-13(14(15)16)12-6-4-3-5-11(10)12/h3-6,9-10,13H,7-8H2,1-2H3,(H,15,16). The van der Waals surface area contributed by atoms with E-state index < -0.39 is 5.97 Å². The molecule has 2 atom stereocenters. The van der Waals surface area contributed by atoms with E-state index in [0.717, 1.165) is 18.4 Å². The number of aliphatic carboxylic acids is 1. The monoisotopic (exact) mass is 218 g/mol. The van der Waals surface area contributed by atoms with Crippen LogP contribution in [0.15, 0.2) is 24.3 Å². The Labute approximate surface area is 96.3 Å². The number of benzene rings is 1. The summed E-state index contributed by atoms with van der Waals surface area (Å²) in [6, 6.07) is 8.02. The van der Waals surface area contributed by atoms with Gasteiger partial charge in [-0.2, -0.15) is 0 Å². The van der Waals surface area contributed by atoms with E-state index in [1.165, 1.54) is 5.56 Å². The minimum absolute atomic E-state index is 0.300. The third-order valence-electron chi connectivity index (χ3n) is 3.64. The Hall–Kier alpha value is -1.31. The second-order valence-corrected chi connectivity index (χ2v) is 4.95. The topological polar surface area (TPSA) is 37.3 Å². The molecule has 0 spiro atoms. The lowest BCUT2D eigenvalue weighted by atomic mass is 9.72. The van der Waals surface area contributed by atoms with Crippen LogP contribution in [-0.4, -0.2) is 11.1 Å². The molecule has 0 heterocycles. The number of carbonyl (C=O) groups is 1. The van der Waals surface area contributed by atoms with Crippen LogP contribution in [0.4, 0.5) is 0 Å². The molecule has 1 aliphatic carbocycles. The Morgan fingerprint density at radius 3 is 2.44 bits per heavy atom. The number of hydrogen-bond acceptors (Lipinski definition) is 1. The highest BCUT2D eigenvalue weighted by molar-refractivity contribution is 5.77. The molecular weight excluding hydrogens is 200 g/mol. The SMILES string of the molecule is CC(C)C1CCC(C(=O)O)c2ccccc21. The zero-order valence-electron chi connectivity index (χ0n) is 9.81. The molecule has 2 unspecified atom stereocenters. The predicted octanol–water partition coefficient (Wildman–Crippen LogP) is 3.39. The summed E-state index contributed by atoms with van der Waals surface area (Å²) in [6.45, 7) is 4.42. The second-order valence-electron chi connectivity index (χ2n) is 4.95. The van der Waals surface area contributed by atoms with E-state index in [0.29, 0.717) is 11.8 Å². The first-order chi connectivity index (χ1) is 7.61. The van der Waals surface area contributed by atoms with Gasteiger partial charge >= 0.3 is 5.97 Å². The number of fused-ring (bicyclic) bond motifs is 1. The summed E-state index contributed by atoms with van der Waals surface area (Å²) >= 11 is 0. The first-order valence-corrected chi connectivity index (χ1v) is 5.93. The molecule has 2 rings (SSSR count). The molecule has 0 aromatic heterocycles. The third-order valence-corrected chi connectivity index (χ3v) is 3.64. The molecule has 2 nitrogen and oxygen atoms in total. The molecule has 0 amide bonds. The van der Waals surface area contributed by atoms with Crippen molar-refractivity contribution in [3.63, 3.8) is 0 Å². The van der Waals surface area contributed by atoms with E-state index in [4.69, 9.17) is 0 Å². The van der Waals surface area contributed by atoms with Gasteiger partial charge in [-0.3, -0.25) is 4.79 Å². The summed E-state index contributed by atoms with van der Waals surface area (Å²) < 4.78 is 0. The van der Waals surface area contributed by atoms with Crippen molar-refractivity contribution in [2.24, 2.45) is 5.92 Å². The summed E-state index contributed by atoms with van der Waals surface area (Å²) in [5.41, 5.74) is 2.27. The van der Waals surface area contributed by atoms with Crippen LogP contribution in [0.25, 0.3) is 0 Å². The third kappa shape index (κ3) is 1.84. The van der Waals surface area contributed by atoms with Crippen LogP contribution in [0.3, 0.4) is 0 Å². The number of carboxylic acid groups (broad SMARTS) is 1. The second kappa shape index (κ2) is 4.28. The van der Waals surface area contributed by atoms with Crippen molar-refractivity contribution in [2.45, 2.75) is 38.5 Å². The minimum Gasteiger partial charge on any atom is -0.481 e. The summed E-state index contributed by atoms with van der Waals surface area (Å²) in [5.74, 6) is 0.114. The Balaban J connectivity index is 2.44. The molecule has 0 saturated heterocycles. The lowest BCUT2D eigenvalue weighted by Crippen LogP contribution is -2.22. The zero-order chi connectivity index (χ0) is 11.7. The van der Waals surface area contributed by atoms with Gasteiger partial charge in [-0.05, 0) is 35.8 Å². The first kappa shape index (κ1) is 11.2. The van der Waals surface area contributed by atoms with Crippen molar-refractivity contribution < 1.29 is 9.90 Å². The molecule has 1 aromatic rings.